The van der Waals surface area contributed by atoms with Gasteiger partial charge in [0.15, 0.2) is 0 Å². The molecule has 0 N–H and O–H groups in total. The summed E-state index contributed by atoms with van der Waals surface area (Å²) in [6, 6.07) is 0. The third-order valence-corrected chi connectivity index (χ3v) is 8.97. The molecule has 0 aromatic heterocycles. The first kappa shape index (κ1) is 46.0. The predicted octanol–water partition coefficient (Wildman–Crippen LogP) is 9.86. The highest BCUT2D eigenvalue weighted by Gasteiger charge is 2.20. The predicted molar refractivity (Wildman–Crippen MR) is 194 cm³/mol. The molecule has 278 valence electrons. The number of hydrogen-bond acceptors (Lipinski definition) is 7. The number of unbranched alkanes of at least 4 members (excludes halogenated alkanes) is 17. The topological polar surface area (TPSA) is 94.1 Å². The van der Waals surface area contributed by atoms with Crippen LogP contribution in [-0.2, 0) is 27.9 Å². The van der Waals surface area contributed by atoms with Gasteiger partial charge in [-0.2, -0.15) is 0 Å². The maximum Gasteiger partial charge on any atom is 0.306 e. The highest BCUT2D eigenvalue weighted by molar-refractivity contribution is 7.45. The minimum absolute atomic E-state index is 0.0246. The van der Waals surface area contributed by atoms with E-state index in [1.165, 1.54) is 77.0 Å². The Kier molecular flexibility index (Phi) is 31.5. The molecule has 0 fully saturated rings. The van der Waals surface area contributed by atoms with Crippen LogP contribution in [0.1, 0.15) is 155 Å². The Hall–Kier alpha value is -1.02. The van der Waals surface area contributed by atoms with Gasteiger partial charge in [0, 0.05) is 13.0 Å². The minimum atomic E-state index is -4.51. The van der Waals surface area contributed by atoms with E-state index in [9.17, 15) is 14.3 Å². The van der Waals surface area contributed by atoms with Gasteiger partial charge in [-0.15, -0.1) is 0 Å². The average molecular weight is 688 g/mol. The van der Waals surface area contributed by atoms with Crippen molar-refractivity contribution in [2.45, 2.75) is 161 Å². The number of phosphoric ester groups is 1. The monoisotopic (exact) mass is 688 g/mol. The van der Waals surface area contributed by atoms with Gasteiger partial charge in [0.05, 0.1) is 34.4 Å². The molecule has 0 aromatic carbocycles. The molecule has 0 aliphatic heterocycles. The fraction of sp³-hybridized carbons (Fsp3) is 0.868. The van der Waals surface area contributed by atoms with E-state index >= 15 is 0 Å². The van der Waals surface area contributed by atoms with Crippen LogP contribution in [0.4, 0.5) is 0 Å². The zero-order chi connectivity index (χ0) is 34.9. The van der Waals surface area contributed by atoms with Gasteiger partial charge in [-0.25, -0.2) is 0 Å². The van der Waals surface area contributed by atoms with Crippen molar-refractivity contribution in [3.05, 3.63) is 24.3 Å². The van der Waals surface area contributed by atoms with Crippen molar-refractivity contribution in [3.63, 3.8) is 0 Å². The fourth-order valence-corrected chi connectivity index (χ4v) is 5.71. The summed E-state index contributed by atoms with van der Waals surface area (Å²) in [5.74, 6) is -0.349. The normalized spacial score (nSPS) is 14.3. The standard InChI is InChI=1S/C38H74NO7P/c1-6-8-10-12-14-16-18-19-20-21-22-23-25-27-29-31-38(40)46-37(36-45-47(41,42)44-34-32-39(3,4)5)35-43-33-30-28-26-24-17-15-13-11-9-7-2/h14,16,19-20,37H,6-13,15,17-18,21-36H2,1-5H3/b16-14-,20-19-. The molecular formula is C38H74NO7P. The second-order valence-corrected chi connectivity index (χ2v) is 15.4. The zero-order valence-corrected chi connectivity index (χ0v) is 32.1. The largest absolute Gasteiger partial charge is 0.756 e. The van der Waals surface area contributed by atoms with Crippen molar-refractivity contribution < 1.29 is 37.3 Å². The molecular weight excluding hydrogens is 613 g/mol. The highest BCUT2D eigenvalue weighted by Crippen LogP contribution is 2.38. The number of allylic oxidation sites excluding steroid dienone is 4. The number of quaternary nitrogens is 1. The summed E-state index contributed by atoms with van der Waals surface area (Å²) in [5.41, 5.74) is 0. The van der Waals surface area contributed by atoms with Gasteiger partial charge < -0.3 is 27.9 Å². The van der Waals surface area contributed by atoms with Crippen molar-refractivity contribution in [3.8, 4) is 0 Å². The molecule has 0 aliphatic rings. The van der Waals surface area contributed by atoms with Crippen molar-refractivity contribution in [2.75, 3.05) is 54.1 Å². The molecule has 0 heterocycles. The third-order valence-electron chi connectivity index (χ3n) is 8.01. The Labute approximate surface area is 290 Å². The molecule has 0 bridgehead atoms. The molecule has 0 spiro atoms. The molecule has 0 saturated carbocycles. The van der Waals surface area contributed by atoms with E-state index in [4.69, 9.17) is 18.5 Å². The number of nitrogens with zero attached hydrogens (tertiary/aromatic N) is 1. The SMILES string of the molecule is CCCCC/C=C\C/C=C\CCCCCCCC(=O)OC(COCCCCCCCCCCCC)COP(=O)([O-])OCC[N+](C)(C)C. The van der Waals surface area contributed by atoms with Crippen LogP contribution in [0.5, 0.6) is 0 Å². The van der Waals surface area contributed by atoms with Crippen molar-refractivity contribution in [1.82, 2.24) is 0 Å². The van der Waals surface area contributed by atoms with E-state index in [0.717, 1.165) is 57.8 Å². The summed E-state index contributed by atoms with van der Waals surface area (Å²) in [6.45, 7) is 5.35. The molecule has 0 saturated heterocycles. The smallest absolute Gasteiger partial charge is 0.306 e. The Morgan fingerprint density at radius 1 is 0.660 bits per heavy atom. The molecule has 2 unspecified atom stereocenters. The summed E-state index contributed by atoms with van der Waals surface area (Å²) in [7, 11) is 1.35. The minimum Gasteiger partial charge on any atom is -0.756 e. The van der Waals surface area contributed by atoms with Crippen LogP contribution in [0.15, 0.2) is 24.3 Å². The quantitative estimate of drug-likeness (QED) is 0.0215. The van der Waals surface area contributed by atoms with Gasteiger partial charge in [0.2, 0.25) is 0 Å². The summed E-state index contributed by atoms with van der Waals surface area (Å²) >= 11 is 0. The number of rotatable bonds is 35. The fourth-order valence-electron chi connectivity index (χ4n) is 4.99. The van der Waals surface area contributed by atoms with Crippen LogP contribution in [-0.4, -0.2) is 70.7 Å². The van der Waals surface area contributed by atoms with E-state index in [1.54, 1.807) is 0 Å². The lowest BCUT2D eigenvalue weighted by molar-refractivity contribution is -0.870. The lowest BCUT2D eigenvalue weighted by atomic mass is 10.1. The van der Waals surface area contributed by atoms with Gasteiger partial charge in [-0.1, -0.05) is 128 Å². The third kappa shape index (κ3) is 36.1. The maximum atomic E-state index is 12.6. The molecule has 0 rings (SSSR count). The van der Waals surface area contributed by atoms with E-state index < -0.39 is 13.9 Å². The maximum absolute atomic E-state index is 12.6. The second-order valence-electron chi connectivity index (χ2n) is 13.9. The van der Waals surface area contributed by atoms with Crippen LogP contribution in [0, 0.1) is 0 Å². The van der Waals surface area contributed by atoms with Crippen LogP contribution in [0.3, 0.4) is 0 Å². The van der Waals surface area contributed by atoms with Crippen molar-refractivity contribution in [2.24, 2.45) is 0 Å². The summed E-state index contributed by atoms with van der Waals surface area (Å²) in [6.07, 6.45) is 33.2. The van der Waals surface area contributed by atoms with Gasteiger partial charge in [-0.3, -0.25) is 9.36 Å². The summed E-state index contributed by atoms with van der Waals surface area (Å²) in [5, 5.41) is 0. The molecule has 9 heteroatoms. The summed E-state index contributed by atoms with van der Waals surface area (Å²) in [4.78, 5) is 24.9. The average Bonchev–Trinajstić information content (AvgIpc) is 3.01. The molecule has 0 radical (unpaired) electrons. The number of ether oxygens (including phenoxy) is 2. The van der Waals surface area contributed by atoms with Crippen molar-refractivity contribution >= 4 is 13.8 Å². The van der Waals surface area contributed by atoms with Crippen LogP contribution < -0.4 is 4.89 Å². The first-order valence-electron chi connectivity index (χ1n) is 19.1. The number of esters is 1. The van der Waals surface area contributed by atoms with E-state index in [-0.39, 0.29) is 25.8 Å². The number of phosphoric acid groups is 1. The Morgan fingerprint density at radius 2 is 1.17 bits per heavy atom. The molecule has 0 aliphatic carbocycles. The molecule has 47 heavy (non-hydrogen) atoms. The number of carbonyl (C=O) groups is 1. The van der Waals surface area contributed by atoms with Crippen LogP contribution >= 0.6 is 7.82 Å². The van der Waals surface area contributed by atoms with Gasteiger partial charge >= 0.3 is 5.97 Å². The molecule has 8 nitrogen and oxygen atoms in total. The van der Waals surface area contributed by atoms with Crippen LogP contribution in [0.2, 0.25) is 0 Å². The van der Waals surface area contributed by atoms with Crippen molar-refractivity contribution in [1.29, 1.82) is 0 Å². The summed E-state index contributed by atoms with van der Waals surface area (Å²) < 4.78 is 34.4. The zero-order valence-electron chi connectivity index (χ0n) is 31.2. The van der Waals surface area contributed by atoms with Gasteiger partial charge in [0.25, 0.3) is 7.82 Å². The highest BCUT2D eigenvalue weighted by atomic mass is 31.2. The molecule has 2 atom stereocenters. The Bertz CT molecular complexity index is 812. The Morgan fingerprint density at radius 3 is 1.77 bits per heavy atom. The number of likely N-dealkylation sites (N-methyl/N-ethyl adjacent to an activating group) is 1. The van der Waals surface area contributed by atoms with Crippen LogP contribution in [0.25, 0.3) is 0 Å². The van der Waals surface area contributed by atoms with E-state index in [1.807, 2.05) is 21.1 Å². The lowest BCUT2D eigenvalue weighted by Gasteiger charge is -2.28. The van der Waals surface area contributed by atoms with Gasteiger partial charge in [-0.05, 0) is 44.9 Å². The first-order valence-corrected chi connectivity index (χ1v) is 20.5. The molecule has 0 amide bonds. The van der Waals surface area contributed by atoms with E-state index in [0.29, 0.717) is 24.1 Å². The van der Waals surface area contributed by atoms with Gasteiger partial charge in [0.1, 0.15) is 19.3 Å². The molecule has 0 aromatic rings. The second kappa shape index (κ2) is 32.2. The number of hydrogen-bond donors (Lipinski definition) is 0. The van der Waals surface area contributed by atoms with E-state index in [2.05, 4.69) is 38.2 Å². The Balaban J connectivity index is 4.32. The first-order chi connectivity index (χ1) is 22.6. The number of carbonyl (C=O) groups excluding carboxylic acids is 1. The lowest BCUT2D eigenvalue weighted by Crippen LogP contribution is -2.37.